The normalized spacial score (nSPS) is 18.7. The van der Waals surface area contributed by atoms with Gasteiger partial charge in [-0.25, -0.2) is 0 Å². The van der Waals surface area contributed by atoms with Crippen molar-refractivity contribution in [2.75, 3.05) is 23.3 Å². The molecule has 3 rings (SSSR count). The van der Waals surface area contributed by atoms with E-state index in [2.05, 4.69) is 27.7 Å². The van der Waals surface area contributed by atoms with Crippen molar-refractivity contribution >= 4 is 17.3 Å². The molecule has 1 aromatic carbocycles. The van der Waals surface area contributed by atoms with Gasteiger partial charge in [-0.1, -0.05) is 12.8 Å². The lowest BCUT2D eigenvalue weighted by Crippen LogP contribution is -2.33. The van der Waals surface area contributed by atoms with Gasteiger partial charge in [0.2, 0.25) is 0 Å². The number of hydrogen-bond donors (Lipinski definition) is 2. The summed E-state index contributed by atoms with van der Waals surface area (Å²) >= 11 is 0. The third-order valence-corrected chi connectivity index (χ3v) is 5.03. The molecule has 0 aromatic heterocycles. The predicted octanol–water partition coefficient (Wildman–Crippen LogP) is 3.56. The molecule has 1 saturated heterocycles. The minimum atomic E-state index is -0.285. The van der Waals surface area contributed by atoms with E-state index in [1.807, 2.05) is 18.2 Å². The Kier molecular flexibility index (Phi) is 5.95. The van der Waals surface area contributed by atoms with E-state index in [1.165, 1.54) is 31.1 Å². The number of nitriles is 1. The summed E-state index contributed by atoms with van der Waals surface area (Å²) in [6.07, 6.45) is 9.65. The molecule has 1 aliphatic heterocycles. The first-order valence-electron chi connectivity index (χ1n) is 9.29. The van der Waals surface area contributed by atoms with Gasteiger partial charge in [0.25, 0.3) is 5.91 Å². The van der Waals surface area contributed by atoms with E-state index in [9.17, 15) is 10.1 Å². The fourth-order valence-corrected chi connectivity index (χ4v) is 3.56. The second-order valence-electron chi connectivity index (χ2n) is 6.86. The highest BCUT2D eigenvalue weighted by atomic mass is 16.1. The molecular weight excluding hydrogens is 312 g/mol. The minimum absolute atomic E-state index is 0.118. The van der Waals surface area contributed by atoms with E-state index in [0.29, 0.717) is 0 Å². The number of rotatable bonds is 5. The molecule has 1 amide bonds. The number of carbonyl (C=O) groups is 1. The van der Waals surface area contributed by atoms with Crippen molar-refractivity contribution in [3.8, 4) is 6.07 Å². The summed E-state index contributed by atoms with van der Waals surface area (Å²) in [7, 11) is 0. The van der Waals surface area contributed by atoms with Gasteiger partial charge in [-0.05, 0) is 56.4 Å². The summed E-state index contributed by atoms with van der Waals surface area (Å²) in [4.78, 5) is 14.6. The topological polar surface area (TPSA) is 68.2 Å². The first-order chi connectivity index (χ1) is 12.3. The van der Waals surface area contributed by atoms with Crippen molar-refractivity contribution in [2.24, 2.45) is 0 Å². The Bertz CT molecular complexity index is 647. The first kappa shape index (κ1) is 17.3. The molecule has 1 saturated carbocycles. The predicted molar refractivity (Wildman–Crippen MR) is 100 cm³/mol. The number of amides is 1. The molecule has 0 radical (unpaired) electrons. The van der Waals surface area contributed by atoms with Crippen molar-refractivity contribution in [1.82, 2.24) is 5.32 Å². The Balaban J connectivity index is 1.57. The van der Waals surface area contributed by atoms with Gasteiger partial charge in [0, 0.05) is 36.7 Å². The molecule has 2 fully saturated rings. The molecule has 0 atom stereocenters. The standard InChI is InChI=1S/C20H26N4O/c21-14-16(20(25)23-18-6-2-3-7-18)15-22-17-8-10-19(11-9-17)24-12-4-1-5-13-24/h8-11,15,18,22H,1-7,12-13H2,(H,23,25)/b16-15-. The Morgan fingerprint density at radius 3 is 2.40 bits per heavy atom. The van der Waals surface area contributed by atoms with Crippen molar-refractivity contribution < 1.29 is 4.79 Å². The van der Waals surface area contributed by atoms with Crippen LogP contribution in [-0.4, -0.2) is 25.0 Å². The SMILES string of the molecule is N#C/C(=C/Nc1ccc(N2CCCCC2)cc1)C(=O)NC1CCCC1. The van der Waals surface area contributed by atoms with Crippen LogP contribution in [0, 0.1) is 11.3 Å². The largest absolute Gasteiger partial charge is 0.372 e. The monoisotopic (exact) mass is 338 g/mol. The maximum Gasteiger partial charge on any atom is 0.263 e. The highest BCUT2D eigenvalue weighted by Crippen LogP contribution is 2.22. The Hall–Kier alpha value is -2.48. The molecule has 5 nitrogen and oxygen atoms in total. The molecule has 1 aliphatic carbocycles. The van der Waals surface area contributed by atoms with Gasteiger partial charge in [0.05, 0.1) is 0 Å². The van der Waals surface area contributed by atoms with E-state index < -0.39 is 0 Å². The zero-order valence-electron chi connectivity index (χ0n) is 14.6. The van der Waals surface area contributed by atoms with E-state index in [1.54, 1.807) is 0 Å². The fraction of sp³-hybridized carbons (Fsp3) is 0.500. The van der Waals surface area contributed by atoms with Gasteiger partial charge in [-0.3, -0.25) is 4.79 Å². The first-order valence-corrected chi connectivity index (χ1v) is 9.29. The third kappa shape index (κ3) is 4.76. The summed E-state index contributed by atoms with van der Waals surface area (Å²) in [5, 5.41) is 15.2. The Labute approximate surface area is 149 Å². The van der Waals surface area contributed by atoms with Gasteiger partial charge in [-0.2, -0.15) is 5.26 Å². The number of benzene rings is 1. The van der Waals surface area contributed by atoms with Gasteiger partial charge in [0.15, 0.2) is 0 Å². The average molecular weight is 338 g/mol. The van der Waals surface area contributed by atoms with Crippen molar-refractivity contribution in [1.29, 1.82) is 5.26 Å². The van der Waals surface area contributed by atoms with Crippen LogP contribution in [0.15, 0.2) is 36.0 Å². The number of carbonyl (C=O) groups excluding carboxylic acids is 1. The van der Waals surface area contributed by atoms with Crippen LogP contribution in [0.25, 0.3) is 0 Å². The summed E-state index contributed by atoms with van der Waals surface area (Å²) in [5.74, 6) is -0.285. The smallest absolute Gasteiger partial charge is 0.263 e. The average Bonchev–Trinajstić information content (AvgIpc) is 3.16. The van der Waals surface area contributed by atoms with Crippen LogP contribution in [0.1, 0.15) is 44.9 Å². The second-order valence-corrected chi connectivity index (χ2v) is 6.86. The van der Waals surface area contributed by atoms with Gasteiger partial charge in [0.1, 0.15) is 11.6 Å². The van der Waals surface area contributed by atoms with E-state index in [-0.39, 0.29) is 17.5 Å². The quantitative estimate of drug-likeness (QED) is 0.636. The van der Waals surface area contributed by atoms with Crippen molar-refractivity contribution in [3.63, 3.8) is 0 Å². The van der Waals surface area contributed by atoms with Crippen LogP contribution >= 0.6 is 0 Å². The maximum atomic E-state index is 12.2. The third-order valence-electron chi connectivity index (χ3n) is 5.03. The van der Waals surface area contributed by atoms with Gasteiger partial charge < -0.3 is 15.5 Å². The zero-order chi connectivity index (χ0) is 17.5. The van der Waals surface area contributed by atoms with Crippen LogP contribution in [0.4, 0.5) is 11.4 Å². The molecule has 0 unspecified atom stereocenters. The molecule has 25 heavy (non-hydrogen) atoms. The van der Waals surface area contributed by atoms with Crippen LogP contribution in [0.2, 0.25) is 0 Å². The van der Waals surface area contributed by atoms with Crippen LogP contribution in [-0.2, 0) is 4.79 Å². The Morgan fingerprint density at radius 1 is 1.08 bits per heavy atom. The lowest BCUT2D eigenvalue weighted by atomic mass is 10.1. The molecule has 1 aromatic rings. The number of hydrogen-bond acceptors (Lipinski definition) is 4. The maximum absolute atomic E-state index is 12.2. The molecule has 5 heteroatoms. The second kappa shape index (κ2) is 8.57. The molecule has 2 N–H and O–H groups in total. The fourth-order valence-electron chi connectivity index (χ4n) is 3.56. The molecule has 2 aliphatic rings. The molecule has 132 valence electrons. The van der Waals surface area contributed by atoms with E-state index in [0.717, 1.165) is 44.5 Å². The summed E-state index contributed by atoms with van der Waals surface area (Å²) < 4.78 is 0. The summed E-state index contributed by atoms with van der Waals surface area (Å²) in [6, 6.07) is 10.4. The van der Waals surface area contributed by atoms with Crippen LogP contribution in [0.3, 0.4) is 0 Å². The molecular formula is C20H26N4O. The number of nitrogens with zero attached hydrogens (tertiary/aromatic N) is 2. The number of nitrogens with one attached hydrogen (secondary N) is 2. The highest BCUT2D eigenvalue weighted by molar-refractivity contribution is 5.97. The number of piperidine rings is 1. The molecule has 1 heterocycles. The minimum Gasteiger partial charge on any atom is -0.372 e. The summed E-state index contributed by atoms with van der Waals surface area (Å²) in [6.45, 7) is 2.24. The van der Waals surface area contributed by atoms with Crippen LogP contribution < -0.4 is 15.5 Å². The zero-order valence-corrected chi connectivity index (χ0v) is 14.6. The highest BCUT2D eigenvalue weighted by Gasteiger charge is 2.19. The van der Waals surface area contributed by atoms with E-state index in [4.69, 9.17) is 0 Å². The van der Waals surface area contributed by atoms with Crippen molar-refractivity contribution in [2.45, 2.75) is 51.0 Å². The summed E-state index contributed by atoms with van der Waals surface area (Å²) in [5.41, 5.74) is 2.22. The van der Waals surface area contributed by atoms with Gasteiger partial charge in [-0.15, -0.1) is 0 Å². The van der Waals surface area contributed by atoms with E-state index >= 15 is 0 Å². The molecule has 0 spiro atoms. The van der Waals surface area contributed by atoms with Crippen molar-refractivity contribution in [3.05, 3.63) is 36.0 Å². The lowest BCUT2D eigenvalue weighted by molar-refractivity contribution is -0.117. The van der Waals surface area contributed by atoms with Crippen LogP contribution in [0.5, 0.6) is 0 Å². The van der Waals surface area contributed by atoms with Gasteiger partial charge >= 0.3 is 0 Å². The Morgan fingerprint density at radius 2 is 1.76 bits per heavy atom. The number of anilines is 2. The lowest BCUT2D eigenvalue weighted by Gasteiger charge is -2.28. The molecule has 0 bridgehead atoms.